The quantitative estimate of drug-likeness (QED) is 0.649. The molecule has 1 heterocycles. The molecule has 1 saturated heterocycles. The highest BCUT2D eigenvalue weighted by Crippen LogP contribution is 2.43. The van der Waals surface area contributed by atoms with E-state index in [9.17, 15) is 9.59 Å². The molecule has 1 aliphatic carbocycles. The first-order chi connectivity index (χ1) is 16.0. The number of carbonyl (C=O) groups excluding carboxylic acids is 2. The van der Waals surface area contributed by atoms with Gasteiger partial charge in [-0.15, -0.1) is 11.8 Å². The van der Waals surface area contributed by atoms with Gasteiger partial charge in [0.2, 0.25) is 5.91 Å². The summed E-state index contributed by atoms with van der Waals surface area (Å²) in [7, 11) is 5.13. The van der Waals surface area contributed by atoms with Gasteiger partial charge < -0.3 is 19.7 Å². The third-order valence-corrected chi connectivity index (χ3v) is 7.85. The van der Waals surface area contributed by atoms with Gasteiger partial charge >= 0.3 is 0 Å². The van der Waals surface area contributed by atoms with Crippen LogP contribution in [-0.2, 0) is 16.1 Å². The lowest BCUT2D eigenvalue weighted by atomic mass is 9.83. The van der Waals surface area contributed by atoms with Crippen molar-refractivity contribution >= 4 is 29.7 Å². The van der Waals surface area contributed by atoms with Gasteiger partial charge in [0.1, 0.15) is 11.5 Å². The van der Waals surface area contributed by atoms with E-state index < -0.39 is 0 Å². The zero-order chi connectivity index (χ0) is 23.4. The Morgan fingerprint density at radius 1 is 1.12 bits per heavy atom. The molecule has 0 bridgehead atoms. The Morgan fingerprint density at radius 2 is 1.88 bits per heavy atom. The van der Waals surface area contributed by atoms with Gasteiger partial charge in [0.05, 0.1) is 19.1 Å². The van der Waals surface area contributed by atoms with E-state index in [1.54, 1.807) is 26.0 Å². The Hall–Kier alpha value is -2.93. The highest BCUT2D eigenvalue weighted by molar-refractivity contribution is 8.04. The number of thioether (sulfide) groups is 1. The van der Waals surface area contributed by atoms with Gasteiger partial charge in [-0.05, 0) is 60.7 Å². The smallest absolute Gasteiger partial charge is 0.260 e. The standard InChI is InChI=1S/C26H30N2O4S/c1-28-22-15-19(25(29)27-16-17-7-10-20(31-2)11-8-17)9-12-23(22)33-24(26(28)30)14-18-5-4-6-21(13-18)32-3/h4-8,10-11,13-14,19,22-23H,9,12,15-16H2,1-3H3,(H,27,29)/b24-14-. The second kappa shape index (κ2) is 10.3. The summed E-state index contributed by atoms with van der Waals surface area (Å²) in [6.45, 7) is 0.490. The highest BCUT2D eigenvalue weighted by atomic mass is 32.2. The Labute approximate surface area is 199 Å². The van der Waals surface area contributed by atoms with Crippen LogP contribution in [0.4, 0.5) is 0 Å². The first-order valence-electron chi connectivity index (χ1n) is 11.2. The number of nitrogens with one attached hydrogen (secondary N) is 1. The average Bonchev–Trinajstić information content (AvgIpc) is 2.86. The number of fused-ring (bicyclic) bond motifs is 1. The van der Waals surface area contributed by atoms with Crippen molar-refractivity contribution in [3.05, 3.63) is 64.6 Å². The topological polar surface area (TPSA) is 67.9 Å². The van der Waals surface area contributed by atoms with Crippen LogP contribution >= 0.6 is 11.8 Å². The lowest BCUT2D eigenvalue weighted by molar-refractivity contribution is -0.132. The molecule has 3 atom stereocenters. The molecule has 4 rings (SSSR count). The first kappa shape index (κ1) is 23.2. The van der Waals surface area contributed by atoms with E-state index >= 15 is 0 Å². The number of hydrogen-bond donors (Lipinski definition) is 1. The molecule has 0 spiro atoms. The maximum Gasteiger partial charge on any atom is 0.260 e. The zero-order valence-electron chi connectivity index (χ0n) is 19.2. The van der Waals surface area contributed by atoms with Crippen molar-refractivity contribution in [3.63, 3.8) is 0 Å². The Morgan fingerprint density at radius 3 is 2.61 bits per heavy atom. The summed E-state index contributed by atoms with van der Waals surface area (Å²) in [4.78, 5) is 28.5. The van der Waals surface area contributed by atoms with Crippen LogP contribution in [0.2, 0.25) is 0 Å². The van der Waals surface area contributed by atoms with Gasteiger partial charge in [-0.2, -0.15) is 0 Å². The summed E-state index contributed by atoms with van der Waals surface area (Å²) in [5, 5.41) is 3.37. The number of likely N-dealkylation sites (N-methyl/N-ethyl adjacent to an activating group) is 1. The molecule has 2 aromatic rings. The van der Waals surface area contributed by atoms with Crippen molar-refractivity contribution in [2.45, 2.75) is 37.1 Å². The van der Waals surface area contributed by atoms with Crippen molar-refractivity contribution in [1.29, 1.82) is 0 Å². The molecule has 174 valence electrons. The molecular formula is C26H30N2O4S. The molecule has 2 aromatic carbocycles. The van der Waals surface area contributed by atoms with Gasteiger partial charge in [0.25, 0.3) is 5.91 Å². The Balaban J connectivity index is 1.37. The fourth-order valence-corrected chi connectivity index (χ4v) is 5.98. The number of carbonyl (C=O) groups is 2. The van der Waals surface area contributed by atoms with E-state index in [4.69, 9.17) is 9.47 Å². The molecule has 3 unspecified atom stereocenters. The molecule has 2 aliphatic rings. The van der Waals surface area contributed by atoms with Crippen molar-refractivity contribution in [2.24, 2.45) is 5.92 Å². The van der Waals surface area contributed by atoms with E-state index in [-0.39, 0.29) is 23.8 Å². The lowest BCUT2D eigenvalue weighted by Crippen LogP contribution is -2.52. The first-order valence-corrected chi connectivity index (χ1v) is 12.1. The number of rotatable bonds is 6. The molecule has 1 N–H and O–H groups in total. The van der Waals surface area contributed by atoms with Crippen LogP contribution in [0.1, 0.15) is 30.4 Å². The Bertz CT molecular complexity index is 1040. The predicted molar refractivity (Wildman–Crippen MR) is 131 cm³/mol. The summed E-state index contributed by atoms with van der Waals surface area (Å²) in [5.41, 5.74) is 1.98. The van der Waals surface area contributed by atoms with Crippen LogP contribution < -0.4 is 14.8 Å². The normalized spacial score (nSPS) is 23.7. The number of hydrogen-bond acceptors (Lipinski definition) is 5. The summed E-state index contributed by atoms with van der Waals surface area (Å²) in [6, 6.07) is 15.5. The van der Waals surface area contributed by atoms with Crippen LogP contribution in [0.15, 0.2) is 53.4 Å². The fourth-order valence-electron chi connectivity index (χ4n) is 4.50. The number of methoxy groups -OCH3 is 2. The maximum absolute atomic E-state index is 13.1. The molecule has 1 aliphatic heterocycles. The second-order valence-corrected chi connectivity index (χ2v) is 9.78. The van der Waals surface area contributed by atoms with Gasteiger partial charge in [0, 0.05) is 30.8 Å². The van der Waals surface area contributed by atoms with E-state index in [2.05, 4.69) is 5.32 Å². The molecule has 0 radical (unpaired) electrons. The maximum atomic E-state index is 13.1. The molecule has 1 saturated carbocycles. The average molecular weight is 467 g/mol. The summed E-state index contributed by atoms with van der Waals surface area (Å²) in [5.74, 6) is 1.57. The highest BCUT2D eigenvalue weighted by Gasteiger charge is 2.42. The summed E-state index contributed by atoms with van der Waals surface area (Å²) >= 11 is 1.65. The predicted octanol–water partition coefficient (Wildman–Crippen LogP) is 4.10. The molecular weight excluding hydrogens is 436 g/mol. The number of ether oxygens (including phenoxy) is 2. The van der Waals surface area contributed by atoms with Gasteiger partial charge in [-0.1, -0.05) is 24.3 Å². The minimum Gasteiger partial charge on any atom is -0.497 e. The van der Waals surface area contributed by atoms with Crippen molar-refractivity contribution < 1.29 is 19.1 Å². The van der Waals surface area contributed by atoms with Gasteiger partial charge in [-0.25, -0.2) is 0 Å². The molecule has 7 heteroatoms. The molecule has 2 amide bonds. The largest absolute Gasteiger partial charge is 0.497 e. The summed E-state index contributed by atoms with van der Waals surface area (Å²) < 4.78 is 10.5. The van der Waals surface area contributed by atoms with Crippen molar-refractivity contribution in [3.8, 4) is 11.5 Å². The van der Waals surface area contributed by atoms with E-state index in [1.807, 2.05) is 66.6 Å². The van der Waals surface area contributed by atoms with Crippen LogP contribution in [0.5, 0.6) is 11.5 Å². The third kappa shape index (κ3) is 5.36. The van der Waals surface area contributed by atoms with Crippen LogP contribution in [0.25, 0.3) is 6.08 Å². The molecule has 0 aromatic heterocycles. The molecule has 2 fully saturated rings. The van der Waals surface area contributed by atoms with Crippen LogP contribution in [0.3, 0.4) is 0 Å². The minimum absolute atomic E-state index is 0.0170. The van der Waals surface area contributed by atoms with E-state index in [0.717, 1.165) is 40.4 Å². The Kier molecular flexibility index (Phi) is 7.28. The van der Waals surface area contributed by atoms with E-state index in [1.165, 1.54) is 0 Å². The van der Waals surface area contributed by atoms with Crippen LogP contribution in [0, 0.1) is 5.92 Å². The SMILES string of the molecule is COc1ccc(CNC(=O)C2CCC3S/C(=C\c4cccc(OC)c4)C(=O)N(C)C3C2)cc1. The monoisotopic (exact) mass is 466 g/mol. The van der Waals surface area contributed by atoms with Crippen molar-refractivity contribution in [1.82, 2.24) is 10.2 Å². The van der Waals surface area contributed by atoms with Gasteiger partial charge in [0.15, 0.2) is 0 Å². The number of benzene rings is 2. The van der Waals surface area contributed by atoms with Gasteiger partial charge in [-0.3, -0.25) is 9.59 Å². The third-order valence-electron chi connectivity index (χ3n) is 6.45. The van der Waals surface area contributed by atoms with Crippen molar-refractivity contribution in [2.75, 3.05) is 21.3 Å². The lowest BCUT2D eigenvalue weighted by Gasteiger charge is -2.44. The number of nitrogens with zero attached hydrogens (tertiary/aromatic N) is 1. The fraction of sp³-hybridized carbons (Fsp3) is 0.385. The summed E-state index contributed by atoms with van der Waals surface area (Å²) in [6.07, 6.45) is 4.37. The molecule has 6 nitrogen and oxygen atoms in total. The van der Waals surface area contributed by atoms with E-state index in [0.29, 0.717) is 18.2 Å². The van der Waals surface area contributed by atoms with Crippen LogP contribution in [-0.4, -0.2) is 49.3 Å². The second-order valence-electron chi connectivity index (χ2n) is 8.50. The number of amides is 2. The zero-order valence-corrected chi connectivity index (χ0v) is 20.1. The minimum atomic E-state index is -0.0794. The molecule has 33 heavy (non-hydrogen) atoms.